The average Bonchev–Trinajstić information content (AvgIpc) is 2.87. The number of aromatic amines is 1. The lowest BCUT2D eigenvalue weighted by molar-refractivity contribution is 0.584. The van der Waals surface area contributed by atoms with Gasteiger partial charge in [-0.25, -0.2) is 4.98 Å². The molecule has 0 spiro atoms. The molecule has 0 atom stereocenters. The topological polar surface area (TPSA) is 40.7 Å². The molecular weight excluding hydrogens is 229 g/mol. The molecule has 0 radical (unpaired) electrons. The Morgan fingerprint density at radius 3 is 2.94 bits per heavy atom. The number of fused-ring (bicyclic) bond motifs is 1. The first-order chi connectivity index (χ1) is 8.83. The smallest absolute Gasteiger partial charge is 0.212 e. The minimum atomic E-state index is -0.466. The maximum atomic E-state index is 12.7. The molecule has 0 saturated carbocycles. The summed E-state index contributed by atoms with van der Waals surface area (Å²) in [6.07, 6.45) is 3.41. The Kier molecular flexibility index (Phi) is 2.68. The highest BCUT2D eigenvalue weighted by atomic mass is 19.1. The first-order valence-corrected chi connectivity index (χ1v) is 5.73. The molecule has 0 amide bonds. The van der Waals surface area contributed by atoms with E-state index in [4.69, 9.17) is 0 Å². The van der Waals surface area contributed by atoms with Crippen LogP contribution in [0.4, 0.5) is 10.1 Å². The molecule has 0 aliphatic heterocycles. The summed E-state index contributed by atoms with van der Waals surface area (Å²) in [5.74, 6) is -0.466. The molecular formula is C14H12FN3. The van der Waals surface area contributed by atoms with Gasteiger partial charge in [-0.3, -0.25) is 0 Å². The molecule has 2 aromatic heterocycles. The van der Waals surface area contributed by atoms with E-state index in [9.17, 15) is 4.39 Å². The minimum absolute atomic E-state index is 0.466. The van der Waals surface area contributed by atoms with E-state index in [0.717, 1.165) is 11.2 Å². The van der Waals surface area contributed by atoms with Gasteiger partial charge in [-0.05, 0) is 29.1 Å². The monoisotopic (exact) mass is 241 g/mol. The predicted molar refractivity (Wildman–Crippen MR) is 69.8 cm³/mol. The Morgan fingerprint density at radius 1 is 1.17 bits per heavy atom. The fourth-order valence-electron chi connectivity index (χ4n) is 1.97. The van der Waals surface area contributed by atoms with Gasteiger partial charge < -0.3 is 10.3 Å². The van der Waals surface area contributed by atoms with Crippen LogP contribution in [0.3, 0.4) is 0 Å². The standard InChI is InChI=1S/C14H12FN3/c15-13-5-4-12(9-18-13)17-8-11-3-1-2-10-6-7-16-14(10)11/h1-7,9,16-17H,8H2. The highest BCUT2D eigenvalue weighted by molar-refractivity contribution is 5.82. The second kappa shape index (κ2) is 4.49. The number of H-pyrrole nitrogens is 1. The summed E-state index contributed by atoms with van der Waals surface area (Å²) in [5.41, 5.74) is 3.10. The molecule has 3 aromatic rings. The lowest BCUT2D eigenvalue weighted by Crippen LogP contribution is -2.00. The highest BCUT2D eigenvalue weighted by Crippen LogP contribution is 2.18. The van der Waals surface area contributed by atoms with Crippen LogP contribution < -0.4 is 5.32 Å². The molecule has 3 nitrogen and oxygen atoms in total. The Hall–Kier alpha value is -2.36. The van der Waals surface area contributed by atoms with Crippen LogP contribution in [0.5, 0.6) is 0 Å². The van der Waals surface area contributed by atoms with E-state index in [1.165, 1.54) is 23.2 Å². The van der Waals surface area contributed by atoms with E-state index in [1.807, 2.05) is 18.3 Å². The van der Waals surface area contributed by atoms with Gasteiger partial charge in [0, 0.05) is 12.7 Å². The largest absolute Gasteiger partial charge is 0.380 e. The number of aromatic nitrogens is 2. The number of pyridine rings is 1. The molecule has 0 aliphatic carbocycles. The summed E-state index contributed by atoms with van der Waals surface area (Å²) in [4.78, 5) is 6.82. The molecule has 90 valence electrons. The third-order valence-corrected chi connectivity index (χ3v) is 2.88. The highest BCUT2D eigenvalue weighted by Gasteiger charge is 2.01. The van der Waals surface area contributed by atoms with Gasteiger partial charge in [0.25, 0.3) is 0 Å². The van der Waals surface area contributed by atoms with Crippen LogP contribution in [0, 0.1) is 5.95 Å². The fraction of sp³-hybridized carbons (Fsp3) is 0.0714. The molecule has 2 N–H and O–H groups in total. The molecule has 0 bridgehead atoms. The zero-order chi connectivity index (χ0) is 12.4. The molecule has 4 heteroatoms. The van der Waals surface area contributed by atoms with E-state index >= 15 is 0 Å². The van der Waals surface area contributed by atoms with Gasteiger partial charge >= 0.3 is 0 Å². The maximum absolute atomic E-state index is 12.7. The van der Waals surface area contributed by atoms with Gasteiger partial charge in [-0.1, -0.05) is 18.2 Å². The zero-order valence-electron chi connectivity index (χ0n) is 9.65. The number of hydrogen-bond donors (Lipinski definition) is 2. The second-order valence-corrected chi connectivity index (χ2v) is 4.08. The third-order valence-electron chi connectivity index (χ3n) is 2.88. The number of nitrogens with zero attached hydrogens (tertiary/aromatic N) is 1. The summed E-state index contributed by atoms with van der Waals surface area (Å²) in [6.45, 7) is 0.672. The van der Waals surface area contributed by atoms with Crippen molar-refractivity contribution in [3.8, 4) is 0 Å². The van der Waals surface area contributed by atoms with Gasteiger partial charge in [0.15, 0.2) is 0 Å². The number of anilines is 1. The summed E-state index contributed by atoms with van der Waals surface area (Å²) in [6, 6.07) is 11.2. The maximum Gasteiger partial charge on any atom is 0.212 e. The first kappa shape index (κ1) is 10.8. The molecule has 0 fully saturated rings. The van der Waals surface area contributed by atoms with Crippen LogP contribution >= 0.6 is 0 Å². The number of hydrogen-bond acceptors (Lipinski definition) is 2. The van der Waals surface area contributed by atoms with Crippen molar-refractivity contribution in [1.29, 1.82) is 0 Å². The van der Waals surface area contributed by atoms with Crippen LogP contribution in [0.25, 0.3) is 10.9 Å². The summed E-state index contributed by atoms with van der Waals surface area (Å²) in [5, 5.41) is 4.41. The molecule has 18 heavy (non-hydrogen) atoms. The van der Waals surface area contributed by atoms with Crippen LogP contribution in [0.15, 0.2) is 48.8 Å². The van der Waals surface area contributed by atoms with Crippen molar-refractivity contribution in [2.45, 2.75) is 6.54 Å². The molecule has 1 aromatic carbocycles. The molecule has 0 saturated heterocycles. The number of rotatable bonds is 3. The van der Waals surface area contributed by atoms with Gasteiger partial charge in [-0.15, -0.1) is 0 Å². The predicted octanol–water partition coefficient (Wildman–Crippen LogP) is 3.31. The Labute approximate surface area is 104 Å². The summed E-state index contributed by atoms with van der Waals surface area (Å²) >= 11 is 0. The van der Waals surface area contributed by atoms with E-state index in [-0.39, 0.29) is 0 Å². The van der Waals surface area contributed by atoms with E-state index in [0.29, 0.717) is 6.54 Å². The van der Waals surface area contributed by atoms with E-state index in [1.54, 1.807) is 6.07 Å². The SMILES string of the molecule is Fc1ccc(NCc2cccc3cc[nH]c23)cn1. The number of benzene rings is 1. The van der Waals surface area contributed by atoms with Crippen molar-refractivity contribution in [2.75, 3.05) is 5.32 Å². The lowest BCUT2D eigenvalue weighted by atomic mass is 10.1. The van der Waals surface area contributed by atoms with Crippen LogP contribution in [-0.4, -0.2) is 9.97 Å². The number of nitrogens with one attached hydrogen (secondary N) is 2. The number of para-hydroxylation sites is 1. The van der Waals surface area contributed by atoms with E-state index in [2.05, 4.69) is 27.4 Å². The van der Waals surface area contributed by atoms with Crippen molar-refractivity contribution in [2.24, 2.45) is 0 Å². The zero-order valence-corrected chi connectivity index (χ0v) is 9.65. The van der Waals surface area contributed by atoms with Gasteiger partial charge in [-0.2, -0.15) is 4.39 Å². The Morgan fingerprint density at radius 2 is 2.11 bits per heavy atom. The van der Waals surface area contributed by atoms with Crippen molar-refractivity contribution in [1.82, 2.24) is 9.97 Å². The number of halogens is 1. The average molecular weight is 241 g/mol. The lowest BCUT2D eigenvalue weighted by Gasteiger charge is -2.07. The molecule has 0 aliphatic rings. The minimum Gasteiger partial charge on any atom is -0.380 e. The van der Waals surface area contributed by atoms with Gasteiger partial charge in [0.1, 0.15) is 0 Å². The van der Waals surface area contributed by atoms with Crippen LogP contribution in [-0.2, 0) is 6.54 Å². The van der Waals surface area contributed by atoms with Crippen molar-refractivity contribution in [3.05, 3.63) is 60.3 Å². The van der Waals surface area contributed by atoms with Gasteiger partial charge in [0.2, 0.25) is 5.95 Å². The van der Waals surface area contributed by atoms with Crippen molar-refractivity contribution >= 4 is 16.6 Å². The Balaban J connectivity index is 1.80. The summed E-state index contributed by atoms with van der Waals surface area (Å²) < 4.78 is 12.7. The second-order valence-electron chi connectivity index (χ2n) is 4.08. The van der Waals surface area contributed by atoms with Crippen LogP contribution in [0.2, 0.25) is 0 Å². The molecule has 0 unspecified atom stereocenters. The normalized spacial score (nSPS) is 10.7. The van der Waals surface area contributed by atoms with Crippen molar-refractivity contribution in [3.63, 3.8) is 0 Å². The van der Waals surface area contributed by atoms with Crippen molar-refractivity contribution < 1.29 is 4.39 Å². The first-order valence-electron chi connectivity index (χ1n) is 5.73. The van der Waals surface area contributed by atoms with Crippen LogP contribution in [0.1, 0.15) is 5.56 Å². The fourth-order valence-corrected chi connectivity index (χ4v) is 1.97. The molecule has 2 heterocycles. The van der Waals surface area contributed by atoms with E-state index < -0.39 is 5.95 Å². The quantitative estimate of drug-likeness (QED) is 0.691. The molecule has 3 rings (SSSR count). The third kappa shape index (κ3) is 2.05. The summed E-state index contributed by atoms with van der Waals surface area (Å²) in [7, 11) is 0. The van der Waals surface area contributed by atoms with Gasteiger partial charge in [0.05, 0.1) is 17.4 Å². The Bertz CT molecular complexity index is 658.